The molecule has 25 heavy (non-hydrogen) atoms. The highest BCUT2D eigenvalue weighted by molar-refractivity contribution is 6.30. The van der Waals surface area contributed by atoms with Crippen molar-refractivity contribution in [2.75, 3.05) is 24.3 Å². The van der Waals surface area contributed by atoms with E-state index in [0.717, 1.165) is 40.2 Å². The van der Waals surface area contributed by atoms with Crippen LogP contribution in [0.5, 0.6) is 5.75 Å². The molecule has 3 N–H and O–H groups in total. The lowest BCUT2D eigenvalue weighted by molar-refractivity contribution is -0.909. The van der Waals surface area contributed by atoms with Gasteiger partial charge in [-0.2, -0.15) is 4.98 Å². The van der Waals surface area contributed by atoms with Crippen LogP contribution < -0.4 is 20.1 Å². The summed E-state index contributed by atoms with van der Waals surface area (Å²) in [4.78, 5) is 10.6. The molecule has 3 rings (SSSR count). The maximum Gasteiger partial charge on any atom is 0.272 e. The summed E-state index contributed by atoms with van der Waals surface area (Å²) in [6.45, 7) is 7.26. The third kappa shape index (κ3) is 2.93. The number of nitrogens with zero attached hydrogens (tertiary/aromatic N) is 4. The Bertz CT molecular complexity index is 827. The quantitative estimate of drug-likeness (QED) is 0.492. The van der Waals surface area contributed by atoms with E-state index < -0.39 is 0 Å². The van der Waals surface area contributed by atoms with Gasteiger partial charge in [0, 0.05) is 40.8 Å². The SMILES string of the molecule is CCC1CN(Cc2c[n+](O)c(C)c(OC)c2C)c2nc(N)nc(Cl)c21. The number of hydrogen-bond acceptors (Lipinski definition) is 6. The number of rotatable bonds is 4. The molecule has 0 fully saturated rings. The van der Waals surface area contributed by atoms with Crippen molar-refractivity contribution in [1.82, 2.24) is 9.97 Å². The Balaban J connectivity index is 2.03. The van der Waals surface area contributed by atoms with E-state index in [1.54, 1.807) is 13.3 Å². The van der Waals surface area contributed by atoms with Crippen LogP contribution in [0.4, 0.5) is 11.8 Å². The molecule has 0 saturated carbocycles. The zero-order valence-corrected chi connectivity index (χ0v) is 15.6. The summed E-state index contributed by atoms with van der Waals surface area (Å²) in [5.74, 6) is 1.87. The van der Waals surface area contributed by atoms with E-state index in [0.29, 0.717) is 23.1 Å². The van der Waals surface area contributed by atoms with Crippen molar-refractivity contribution in [2.45, 2.75) is 39.7 Å². The molecule has 8 heteroatoms. The van der Waals surface area contributed by atoms with E-state index in [9.17, 15) is 5.21 Å². The summed E-state index contributed by atoms with van der Waals surface area (Å²) in [5, 5.41) is 10.6. The van der Waals surface area contributed by atoms with Crippen molar-refractivity contribution in [3.63, 3.8) is 0 Å². The molecule has 0 saturated heterocycles. The molecule has 2 aromatic heterocycles. The molecule has 0 aromatic carbocycles. The number of hydrogen-bond donors (Lipinski definition) is 2. The average molecular weight is 365 g/mol. The summed E-state index contributed by atoms with van der Waals surface area (Å²) in [6, 6.07) is 0. The summed E-state index contributed by atoms with van der Waals surface area (Å²) < 4.78 is 6.54. The Morgan fingerprint density at radius 1 is 1.44 bits per heavy atom. The van der Waals surface area contributed by atoms with Gasteiger partial charge in [0.1, 0.15) is 11.0 Å². The Labute approximate surface area is 152 Å². The van der Waals surface area contributed by atoms with Crippen LogP contribution in [0.15, 0.2) is 6.20 Å². The molecule has 0 aliphatic carbocycles. The maximum absolute atomic E-state index is 10.1. The molecule has 1 atom stereocenters. The fraction of sp³-hybridized carbons (Fsp3) is 0.471. The molecule has 0 bridgehead atoms. The van der Waals surface area contributed by atoms with Crippen molar-refractivity contribution in [3.8, 4) is 5.75 Å². The fourth-order valence-electron chi connectivity index (χ4n) is 3.48. The first-order chi connectivity index (χ1) is 11.9. The molecule has 134 valence electrons. The lowest BCUT2D eigenvalue weighted by atomic mass is 10.0. The van der Waals surface area contributed by atoms with Crippen LogP contribution in [0.25, 0.3) is 0 Å². The lowest BCUT2D eigenvalue weighted by Gasteiger charge is -2.20. The molecule has 1 aliphatic rings. The third-order valence-electron chi connectivity index (χ3n) is 4.88. The minimum Gasteiger partial charge on any atom is -0.490 e. The van der Waals surface area contributed by atoms with Gasteiger partial charge in [-0.15, -0.1) is 0 Å². The van der Waals surface area contributed by atoms with Crippen molar-refractivity contribution >= 4 is 23.4 Å². The van der Waals surface area contributed by atoms with E-state index in [1.807, 2.05) is 13.8 Å². The normalized spacial score (nSPS) is 16.2. The van der Waals surface area contributed by atoms with Crippen LogP contribution in [0.2, 0.25) is 5.15 Å². The smallest absolute Gasteiger partial charge is 0.272 e. The van der Waals surface area contributed by atoms with Gasteiger partial charge in [0.05, 0.1) is 13.7 Å². The predicted molar refractivity (Wildman–Crippen MR) is 95.4 cm³/mol. The number of methoxy groups -OCH3 is 1. The summed E-state index contributed by atoms with van der Waals surface area (Å²) in [5.41, 5.74) is 9.34. The number of nitrogen functional groups attached to an aromatic ring is 1. The van der Waals surface area contributed by atoms with Gasteiger partial charge >= 0.3 is 0 Å². The molecule has 7 nitrogen and oxygen atoms in total. The van der Waals surface area contributed by atoms with Gasteiger partial charge in [0.25, 0.3) is 5.69 Å². The number of fused-ring (bicyclic) bond motifs is 1. The highest BCUT2D eigenvalue weighted by Gasteiger charge is 2.33. The summed E-state index contributed by atoms with van der Waals surface area (Å²) in [7, 11) is 1.60. The van der Waals surface area contributed by atoms with Crippen LogP contribution >= 0.6 is 11.6 Å². The van der Waals surface area contributed by atoms with Gasteiger partial charge in [-0.05, 0) is 13.3 Å². The average Bonchev–Trinajstić information content (AvgIpc) is 2.91. The first-order valence-electron chi connectivity index (χ1n) is 8.23. The highest BCUT2D eigenvalue weighted by atomic mass is 35.5. The molecule has 0 spiro atoms. The van der Waals surface area contributed by atoms with Gasteiger partial charge in [0.2, 0.25) is 12.1 Å². The van der Waals surface area contributed by atoms with Crippen LogP contribution in [0, 0.1) is 13.8 Å². The zero-order valence-electron chi connectivity index (χ0n) is 14.9. The minimum absolute atomic E-state index is 0.168. The Hall–Kier alpha value is -2.28. The van der Waals surface area contributed by atoms with Crippen LogP contribution in [0.1, 0.15) is 41.6 Å². The molecule has 1 aliphatic heterocycles. The number of anilines is 2. The Kier molecular flexibility index (Phi) is 4.60. The first kappa shape index (κ1) is 17.5. The van der Waals surface area contributed by atoms with E-state index in [4.69, 9.17) is 22.1 Å². The minimum atomic E-state index is 0.168. The standard InChI is InChI=1S/C17H23ClN5O2/c1-5-11-6-22(16-13(11)15(18)20-17(19)21-16)7-12-8-23(24)10(3)14(25-4)9(12)2/h8,11,24H,5-7H2,1-4H3,(H2,19,20,21)/q+1. The van der Waals surface area contributed by atoms with E-state index in [1.165, 1.54) is 0 Å². The monoisotopic (exact) mass is 364 g/mol. The number of halogens is 1. The molecule has 3 heterocycles. The van der Waals surface area contributed by atoms with E-state index in [2.05, 4.69) is 21.8 Å². The second-order valence-electron chi connectivity index (χ2n) is 6.34. The summed E-state index contributed by atoms with van der Waals surface area (Å²) in [6.07, 6.45) is 2.64. The second-order valence-corrected chi connectivity index (χ2v) is 6.70. The lowest BCUT2D eigenvalue weighted by Crippen LogP contribution is -2.36. The number of aromatic nitrogens is 3. The number of pyridine rings is 1. The second kappa shape index (κ2) is 6.55. The van der Waals surface area contributed by atoms with Crippen LogP contribution in [-0.4, -0.2) is 28.8 Å². The molecular weight excluding hydrogens is 342 g/mol. The predicted octanol–water partition coefficient (Wildman–Crippen LogP) is 2.38. The summed E-state index contributed by atoms with van der Waals surface area (Å²) >= 11 is 6.32. The molecule has 0 amide bonds. The van der Waals surface area contributed by atoms with Crippen molar-refractivity contribution in [3.05, 3.63) is 33.7 Å². The zero-order chi connectivity index (χ0) is 18.3. The van der Waals surface area contributed by atoms with Gasteiger partial charge in [0.15, 0.2) is 5.75 Å². The molecular formula is C17H23ClN5O2+. The van der Waals surface area contributed by atoms with E-state index >= 15 is 0 Å². The van der Waals surface area contributed by atoms with Crippen LogP contribution in [0.3, 0.4) is 0 Å². The van der Waals surface area contributed by atoms with Crippen molar-refractivity contribution in [2.24, 2.45) is 0 Å². The highest BCUT2D eigenvalue weighted by Crippen LogP contribution is 2.41. The number of nitrogens with two attached hydrogens (primary N) is 1. The molecule has 1 unspecified atom stereocenters. The van der Waals surface area contributed by atoms with E-state index in [-0.39, 0.29) is 11.9 Å². The van der Waals surface area contributed by atoms with Crippen molar-refractivity contribution in [1.29, 1.82) is 0 Å². The Morgan fingerprint density at radius 3 is 2.80 bits per heavy atom. The van der Waals surface area contributed by atoms with Gasteiger partial charge in [-0.3, -0.25) is 5.21 Å². The Morgan fingerprint density at radius 2 is 2.16 bits per heavy atom. The van der Waals surface area contributed by atoms with Crippen LogP contribution in [-0.2, 0) is 6.54 Å². The first-order valence-corrected chi connectivity index (χ1v) is 8.60. The van der Waals surface area contributed by atoms with Gasteiger partial charge in [-0.25, -0.2) is 4.98 Å². The largest absolute Gasteiger partial charge is 0.490 e. The fourth-order valence-corrected chi connectivity index (χ4v) is 3.81. The van der Waals surface area contributed by atoms with Crippen molar-refractivity contribution < 1.29 is 14.7 Å². The third-order valence-corrected chi connectivity index (χ3v) is 5.16. The molecule has 0 radical (unpaired) electrons. The van der Waals surface area contributed by atoms with Gasteiger partial charge in [-0.1, -0.05) is 18.5 Å². The molecule has 2 aromatic rings. The van der Waals surface area contributed by atoms with Gasteiger partial charge < -0.3 is 15.4 Å². The number of ether oxygens (including phenoxy) is 1. The maximum atomic E-state index is 10.1. The topological polar surface area (TPSA) is 88.4 Å².